The monoisotopic (exact) mass is 491 g/mol. The summed E-state index contributed by atoms with van der Waals surface area (Å²) in [6.45, 7) is 0. The van der Waals surface area contributed by atoms with E-state index in [-0.39, 0.29) is 5.78 Å². The highest BCUT2D eigenvalue weighted by Gasteiger charge is 2.23. The van der Waals surface area contributed by atoms with Gasteiger partial charge in [-0.05, 0) is 36.5 Å². The van der Waals surface area contributed by atoms with Gasteiger partial charge in [-0.15, -0.1) is 0 Å². The SMILES string of the molecule is O=C(c1ccccc1)c1sc(=NC(=S)Nc2ccccc2)n(-c2ccccc2)c1-c1ccccc1. The average Bonchev–Trinajstić information content (AvgIpc) is 3.29. The van der Waals surface area contributed by atoms with Crippen LogP contribution in [0, 0.1) is 0 Å². The summed E-state index contributed by atoms with van der Waals surface area (Å²) in [6.07, 6.45) is 0. The summed E-state index contributed by atoms with van der Waals surface area (Å²) in [4.78, 5) is 19.7. The van der Waals surface area contributed by atoms with E-state index in [0.717, 1.165) is 22.6 Å². The number of benzene rings is 4. The van der Waals surface area contributed by atoms with E-state index in [0.29, 0.717) is 20.4 Å². The van der Waals surface area contributed by atoms with Crippen molar-refractivity contribution in [2.45, 2.75) is 0 Å². The van der Waals surface area contributed by atoms with Crippen molar-refractivity contribution in [3.8, 4) is 16.9 Å². The van der Waals surface area contributed by atoms with Crippen LogP contribution in [0.2, 0.25) is 0 Å². The Hall–Kier alpha value is -4.13. The quantitative estimate of drug-likeness (QED) is 0.219. The summed E-state index contributed by atoms with van der Waals surface area (Å²) in [5.74, 6) is -0.0532. The molecule has 6 heteroatoms. The Balaban J connectivity index is 1.74. The molecule has 0 saturated heterocycles. The second-order valence-electron chi connectivity index (χ2n) is 7.70. The molecule has 0 aliphatic rings. The van der Waals surface area contributed by atoms with Crippen LogP contribution < -0.4 is 10.1 Å². The number of ketones is 1. The lowest BCUT2D eigenvalue weighted by atomic mass is 10.0. The Morgan fingerprint density at radius 3 is 1.91 bits per heavy atom. The summed E-state index contributed by atoms with van der Waals surface area (Å²) in [7, 11) is 0. The molecule has 35 heavy (non-hydrogen) atoms. The molecule has 5 rings (SSSR count). The van der Waals surface area contributed by atoms with Gasteiger partial charge in [0.1, 0.15) is 4.88 Å². The van der Waals surface area contributed by atoms with E-state index in [1.807, 2.05) is 126 Å². The highest BCUT2D eigenvalue weighted by atomic mass is 32.1. The van der Waals surface area contributed by atoms with Crippen LogP contribution in [0.5, 0.6) is 0 Å². The zero-order valence-corrected chi connectivity index (χ0v) is 20.3. The van der Waals surface area contributed by atoms with Crippen LogP contribution in [0.1, 0.15) is 15.2 Å². The van der Waals surface area contributed by atoms with E-state index in [4.69, 9.17) is 17.2 Å². The lowest BCUT2D eigenvalue weighted by molar-refractivity contribution is 0.104. The molecule has 0 fully saturated rings. The molecule has 4 aromatic carbocycles. The Labute approximate surface area is 212 Å². The molecular formula is C29H21N3OS2. The van der Waals surface area contributed by atoms with Crippen LogP contribution in [0.25, 0.3) is 16.9 Å². The molecule has 4 nitrogen and oxygen atoms in total. The first kappa shape index (κ1) is 22.7. The van der Waals surface area contributed by atoms with Crippen molar-refractivity contribution in [3.63, 3.8) is 0 Å². The number of nitrogens with one attached hydrogen (secondary N) is 1. The van der Waals surface area contributed by atoms with Crippen LogP contribution in [-0.2, 0) is 0 Å². The first-order chi connectivity index (χ1) is 17.2. The minimum absolute atomic E-state index is 0.0532. The summed E-state index contributed by atoms with van der Waals surface area (Å²) in [5, 5.41) is 3.49. The number of thiocarbonyl (C=S) groups is 1. The van der Waals surface area contributed by atoms with E-state index >= 15 is 0 Å². The van der Waals surface area contributed by atoms with Crippen molar-refractivity contribution in [2.24, 2.45) is 4.99 Å². The van der Waals surface area contributed by atoms with Crippen molar-refractivity contribution < 1.29 is 4.79 Å². The standard InChI is InChI=1S/C29H21N3OS2/c33-26(22-15-7-2-8-16-22)27-25(21-13-5-1-6-14-21)32(24-19-11-4-12-20-24)29(35-27)31-28(34)30-23-17-9-3-10-18-23/h1-20H,(H,30,34). The van der Waals surface area contributed by atoms with Crippen LogP contribution in [0.15, 0.2) is 126 Å². The van der Waals surface area contributed by atoms with Gasteiger partial charge >= 0.3 is 0 Å². The molecule has 0 aliphatic heterocycles. The van der Waals surface area contributed by atoms with Gasteiger partial charge in [0.2, 0.25) is 5.78 Å². The number of nitrogens with zero attached hydrogens (tertiary/aromatic N) is 2. The van der Waals surface area contributed by atoms with Gasteiger partial charge in [0.15, 0.2) is 9.91 Å². The van der Waals surface area contributed by atoms with Crippen LogP contribution >= 0.6 is 23.6 Å². The average molecular weight is 492 g/mol. The molecule has 0 radical (unpaired) electrons. The van der Waals surface area contributed by atoms with Crippen LogP contribution in [0.3, 0.4) is 0 Å². The highest BCUT2D eigenvalue weighted by Crippen LogP contribution is 2.30. The first-order valence-electron chi connectivity index (χ1n) is 11.1. The van der Waals surface area contributed by atoms with Gasteiger partial charge in [-0.1, -0.05) is 108 Å². The first-order valence-corrected chi connectivity index (χ1v) is 12.3. The molecule has 1 aromatic heterocycles. The number of aromatic nitrogens is 1. The van der Waals surface area contributed by atoms with Crippen LogP contribution in [-0.4, -0.2) is 15.5 Å². The lowest BCUT2D eigenvalue weighted by Crippen LogP contribution is -2.18. The fraction of sp³-hybridized carbons (Fsp3) is 0. The molecule has 1 heterocycles. The molecule has 0 spiro atoms. The molecule has 0 unspecified atom stereocenters. The number of hydrogen-bond acceptors (Lipinski definition) is 3. The third kappa shape index (κ3) is 5.04. The number of hydrogen-bond donors (Lipinski definition) is 1. The van der Waals surface area contributed by atoms with E-state index < -0.39 is 0 Å². The molecule has 1 N–H and O–H groups in total. The Morgan fingerprint density at radius 1 is 0.743 bits per heavy atom. The number of carbonyl (C=O) groups excluding carboxylic acids is 1. The third-order valence-electron chi connectivity index (χ3n) is 5.35. The summed E-state index contributed by atoms with van der Waals surface area (Å²) < 4.78 is 2.01. The predicted molar refractivity (Wildman–Crippen MR) is 147 cm³/mol. The van der Waals surface area contributed by atoms with E-state index in [1.165, 1.54) is 11.3 Å². The summed E-state index contributed by atoms with van der Waals surface area (Å²) >= 11 is 6.92. The summed E-state index contributed by atoms with van der Waals surface area (Å²) in [5.41, 5.74) is 4.10. The predicted octanol–water partition coefficient (Wildman–Crippen LogP) is 6.73. The van der Waals surface area contributed by atoms with Gasteiger partial charge in [0.25, 0.3) is 0 Å². The number of thiazole rings is 1. The van der Waals surface area contributed by atoms with Gasteiger partial charge in [-0.25, -0.2) is 0 Å². The molecule has 0 bridgehead atoms. The highest BCUT2D eigenvalue weighted by molar-refractivity contribution is 7.80. The van der Waals surface area contributed by atoms with Crippen molar-refractivity contribution in [1.29, 1.82) is 0 Å². The van der Waals surface area contributed by atoms with Gasteiger partial charge in [-0.2, -0.15) is 4.99 Å². The van der Waals surface area contributed by atoms with Gasteiger partial charge in [-0.3, -0.25) is 9.36 Å². The maximum absolute atomic E-state index is 13.7. The topological polar surface area (TPSA) is 46.4 Å². The molecule has 0 amide bonds. The molecule has 5 aromatic rings. The van der Waals surface area contributed by atoms with E-state index in [1.54, 1.807) is 0 Å². The normalized spacial score (nSPS) is 11.3. The van der Waals surface area contributed by atoms with Crippen LogP contribution in [0.4, 0.5) is 5.69 Å². The second kappa shape index (κ2) is 10.4. The van der Waals surface area contributed by atoms with Gasteiger partial charge in [0.05, 0.1) is 5.69 Å². The van der Waals surface area contributed by atoms with Gasteiger partial charge < -0.3 is 5.32 Å². The molecule has 170 valence electrons. The Morgan fingerprint density at radius 2 is 1.29 bits per heavy atom. The maximum atomic E-state index is 13.7. The summed E-state index contributed by atoms with van der Waals surface area (Å²) in [6, 6.07) is 38.8. The number of anilines is 1. The fourth-order valence-corrected chi connectivity index (χ4v) is 5.15. The van der Waals surface area contributed by atoms with Crippen molar-refractivity contribution in [3.05, 3.63) is 137 Å². The minimum atomic E-state index is -0.0532. The molecular weight excluding hydrogens is 470 g/mol. The zero-order valence-electron chi connectivity index (χ0n) is 18.7. The van der Waals surface area contributed by atoms with Crippen molar-refractivity contribution in [1.82, 2.24) is 4.57 Å². The van der Waals surface area contributed by atoms with Gasteiger partial charge in [0, 0.05) is 22.5 Å². The number of carbonyl (C=O) groups is 1. The fourth-order valence-electron chi connectivity index (χ4n) is 3.76. The zero-order chi connectivity index (χ0) is 24.0. The maximum Gasteiger partial charge on any atom is 0.205 e. The molecule has 0 aliphatic carbocycles. The molecule has 0 saturated carbocycles. The Bertz CT molecular complexity index is 1530. The number of rotatable bonds is 5. The van der Waals surface area contributed by atoms with E-state index in [9.17, 15) is 4.79 Å². The Kier molecular flexibility index (Phi) is 6.75. The van der Waals surface area contributed by atoms with E-state index in [2.05, 4.69) is 5.32 Å². The smallest absolute Gasteiger partial charge is 0.205 e. The number of para-hydroxylation sites is 2. The molecule has 0 atom stereocenters. The van der Waals surface area contributed by atoms with Crippen molar-refractivity contribution in [2.75, 3.05) is 5.32 Å². The second-order valence-corrected chi connectivity index (χ2v) is 9.07. The minimum Gasteiger partial charge on any atom is -0.331 e. The van der Waals surface area contributed by atoms with Crippen molar-refractivity contribution >= 4 is 40.1 Å². The third-order valence-corrected chi connectivity index (χ3v) is 6.58. The largest absolute Gasteiger partial charge is 0.331 e. The lowest BCUT2D eigenvalue weighted by Gasteiger charge is -2.11.